The zero-order chi connectivity index (χ0) is 25.4. The number of hydrogen-bond acceptors (Lipinski definition) is 6. The number of amides is 1. The largest absolute Gasteiger partial charge is 0.573 e. The number of halogens is 3. The molecular weight excluding hydrogens is 475 g/mol. The number of pyridine rings is 1. The van der Waals surface area contributed by atoms with Crippen LogP contribution in [0.5, 0.6) is 5.75 Å². The lowest BCUT2D eigenvalue weighted by atomic mass is 9.87. The second-order valence-corrected chi connectivity index (χ2v) is 9.59. The number of carbonyl (C=O) groups excluding carboxylic acids is 1. The second-order valence-electron chi connectivity index (χ2n) is 9.59. The summed E-state index contributed by atoms with van der Waals surface area (Å²) >= 11 is 0. The fourth-order valence-corrected chi connectivity index (χ4v) is 5.33. The number of nitrogens with two attached hydrogens (primary N) is 1. The Morgan fingerprint density at radius 3 is 2.47 bits per heavy atom. The number of fused-ring (bicyclic) bond motifs is 1. The predicted molar refractivity (Wildman–Crippen MR) is 127 cm³/mol. The minimum absolute atomic E-state index is 0.0556. The first kappa shape index (κ1) is 24.4. The third-order valence-corrected chi connectivity index (χ3v) is 7.24. The number of hydrogen-bond donors (Lipinski definition) is 3. The van der Waals surface area contributed by atoms with Gasteiger partial charge < -0.3 is 25.5 Å². The summed E-state index contributed by atoms with van der Waals surface area (Å²) in [6.07, 6.45) is 1.49. The molecule has 2 fully saturated rings. The van der Waals surface area contributed by atoms with Gasteiger partial charge in [0.2, 0.25) is 0 Å². The normalized spacial score (nSPS) is 21.6. The lowest BCUT2D eigenvalue weighted by Gasteiger charge is -2.32. The molecule has 1 amide bonds. The van der Waals surface area contributed by atoms with E-state index in [0.29, 0.717) is 18.7 Å². The fraction of sp³-hybridized carbons (Fsp3) is 0.480. The van der Waals surface area contributed by atoms with Crippen molar-refractivity contribution in [2.75, 3.05) is 18.8 Å². The molecule has 0 spiro atoms. The summed E-state index contributed by atoms with van der Waals surface area (Å²) in [7, 11) is 0. The summed E-state index contributed by atoms with van der Waals surface area (Å²) in [6.45, 7) is 0.990. The van der Waals surface area contributed by atoms with Crippen LogP contribution in [-0.4, -0.2) is 56.4 Å². The van der Waals surface area contributed by atoms with E-state index >= 15 is 0 Å². The van der Waals surface area contributed by atoms with Gasteiger partial charge in [-0.3, -0.25) is 4.79 Å². The zero-order valence-electron chi connectivity index (χ0n) is 19.6. The van der Waals surface area contributed by atoms with Gasteiger partial charge in [0.25, 0.3) is 5.91 Å². The number of ether oxygens (including phenoxy) is 1. The van der Waals surface area contributed by atoms with Crippen LogP contribution < -0.4 is 10.5 Å². The van der Waals surface area contributed by atoms with Crippen LogP contribution in [0, 0.1) is 0 Å². The molecule has 1 saturated carbocycles. The van der Waals surface area contributed by atoms with Gasteiger partial charge in [0, 0.05) is 37.0 Å². The van der Waals surface area contributed by atoms with Gasteiger partial charge in [0.05, 0.1) is 17.2 Å². The first-order chi connectivity index (χ1) is 17.2. The van der Waals surface area contributed by atoms with Crippen molar-refractivity contribution in [3.63, 3.8) is 0 Å². The van der Waals surface area contributed by atoms with E-state index in [1.54, 1.807) is 11.1 Å². The average molecular weight is 504 g/mol. The van der Waals surface area contributed by atoms with Gasteiger partial charge in [-0.1, -0.05) is 0 Å². The Morgan fingerprint density at radius 1 is 1.08 bits per heavy atom. The molecule has 11 heteroatoms. The van der Waals surface area contributed by atoms with Crippen LogP contribution in [0.4, 0.5) is 18.9 Å². The van der Waals surface area contributed by atoms with Crippen molar-refractivity contribution >= 4 is 22.8 Å². The van der Waals surface area contributed by atoms with Crippen molar-refractivity contribution in [1.82, 2.24) is 19.9 Å². The number of likely N-dealkylation sites (tertiary alicyclic amines) is 1. The third-order valence-electron chi connectivity index (χ3n) is 7.24. The Bertz CT molecular complexity index is 1250. The van der Waals surface area contributed by atoms with E-state index in [1.165, 1.54) is 6.07 Å². The molecule has 2 aromatic heterocycles. The molecule has 36 heavy (non-hydrogen) atoms. The molecule has 8 nitrogen and oxygen atoms in total. The van der Waals surface area contributed by atoms with E-state index < -0.39 is 12.1 Å². The molecule has 0 atom stereocenters. The van der Waals surface area contributed by atoms with Gasteiger partial charge >= 0.3 is 6.36 Å². The van der Waals surface area contributed by atoms with E-state index in [1.807, 2.05) is 6.07 Å². The quantitative estimate of drug-likeness (QED) is 0.452. The number of benzene rings is 1. The van der Waals surface area contributed by atoms with Crippen molar-refractivity contribution in [3.8, 4) is 5.75 Å². The maximum Gasteiger partial charge on any atom is 0.573 e. The molecule has 0 unspecified atom stereocenters. The number of nitrogens with one attached hydrogen (secondary N) is 1. The molecule has 1 aliphatic heterocycles. The molecule has 0 bridgehead atoms. The molecule has 1 aliphatic carbocycles. The van der Waals surface area contributed by atoms with Gasteiger partial charge in [-0.15, -0.1) is 13.2 Å². The SMILES string of the molecule is Nc1cc(OC(F)(F)F)ccc1C(=O)N1CCC(c2ccnc3nc(C4CCC(O)CC4)[nH]c23)CC1. The Kier molecular flexibility index (Phi) is 6.50. The van der Waals surface area contributed by atoms with Crippen LogP contribution in [0.3, 0.4) is 0 Å². The van der Waals surface area contributed by atoms with Gasteiger partial charge in [-0.2, -0.15) is 0 Å². The Hall–Kier alpha value is -3.34. The smallest absolute Gasteiger partial charge is 0.406 e. The van der Waals surface area contributed by atoms with Crippen LogP contribution in [0.15, 0.2) is 30.5 Å². The van der Waals surface area contributed by atoms with Gasteiger partial charge in [0.1, 0.15) is 11.6 Å². The van der Waals surface area contributed by atoms with E-state index in [-0.39, 0.29) is 35.1 Å². The fourth-order valence-electron chi connectivity index (χ4n) is 5.33. The van der Waals surface area contributed by atoms with Crippen LogP contribution in [-0.2, 0) is 0 Å². The molecule has 1 saturated heterocycles. The highest BCUT2D eigenvalue weighted by molar-refractivity contribution is 5.99. The highest BCUT2D eigenvalue weighted by Gasteiger charge is 2.32. The van der Waals surface area contributed by atoms with Crippen molar-refractivity contribution in [2.24, 2.45) is 0 Å². The summed E-state index contributed by atoms with van der Waals surface area (Å²) in [5.74, 6) is 0.639. The molecule has 192 valence electrons. The van der Waals surface area contributed by atoms with E-state index in [2.05, 4.69) is 14.7 Å². The number of nitrogens with zero attached hydrogens (tertiary/aromatic N) is 3. The highest BCUT2D eigenvalue weighted by atomic mass is 19.4. The number of aromatic nitrogens is 3. The topological polar surface area (TPSA) is 117 Å². The molecular formula is C25H28F3N5O3. The number of aliphatic hydroxyl groups excluding tert-OH is 1. The van der Waals surface area contributed by atoms with E-state index in [0.717, 1.165) is 67.6 Å². The molecule has 3 aromatic rings. The first-order valence-electron chi connectivity index (χ1n) is 12.1. The van der Waals surface area contributed by atoms with Crippen molar-refractivity contribution in [2.45, 2.75) is 62.8 Å². The standard InChI is InChI=1S/C25H28F3N5O3/c26-25(27,28)36-17-5-6-19(20(29)13-17)24(35)33-11-8-14(9-12-33)18-7-10-30-23-21(18)31-22(32-23)15-1-3-16(34)4-2-15/h5-7,10,13-16,34H,1-4,8-9,11-12,29H2,(H,30,31,32). The van der Waals surface area contributed by atoms with E-state index in [4.69, 9.17) is 10.7 Å². The minimum Gasteiger partial charge on any atom is -0.406 e. The number of piperidine rings is 1. The van der Waals surface area contributed by atoms with Crippen molar-refractivity contribution in [1.29, 1.82) is 0 Å². The lowest BCUT2D eigenvalue weighted by molar-refractivity contribution is -0.274. The highest BCUT2D eigenvalue weighted by Crippen LogP contribution is 2.36. The minimum atomic E-state index is -4.83. The average Bonchev–Trinajstić information content (AvgIpc) is 3.28. The number of aromatic amines is 1. The molecule has 5 rings (SSSR count). The lowest BCUT2D eigenvalue weighted by Crippen LogP contribution is -2.38. The molecule has 0 radical (unpaired) electrons. The number of imidazole rings is 1. The van der Waals surface area contributed by atoms with E-state index in [9.17, 15) is 23.1 Å². The first-order valence-corrected chi connectivity index (χ1v) is 12.1. The number of nitrogen functional groups attached to an aromatic ring is 1. The van der Waals surface area contributed by atoms with Crippen molar-refractivity contribution in [3.05, 3.63) is 47.4 Å². The number of H-pyrrole nitrogens is 1. The zero-order valence-corrected chi connectivity index (χ0v) is 19.6. The number of carbonyl (C=O) groups is 1. The molecule has 2 aliphatic rings. The summed E-state index contributed by atoms with van der Waals surface area (Å²) in [6, 6.07) is 5.38. The number of alkyl halides is 3. The van der Waals surface area contributed by atoms with Crippen LogP contribution in [0.2, 0.25) is 0 Å². The van der Waals surface area contributed by atoms with Gasteiger partial charge in [-0.05, 0) is 68.2 Å². The number of aliphatic hydroxyl groups is 1. The monoisotopic (exact) mass is 503 g/mol. The molecule has 1 aromatic carbocycles. The Labute approximate surface area is 205 Å². The maximum atomic E-state index is 13.0. The van der Waals surface area contributed by atoms with Crippen molar-refractivity contribution < 1.29 is 27.8 Å². The third kappa shape index (κ3) is 5.11. The Morgan fingerprint density at radius 2 is 1.81 bits per heavy atom. The summed E-state index contributed by atoms with van der Waals surface area (Å²) in [5, 5.41) is 9.80. The van der Waals surface area contributed by atoms with Crippen LogP contribution in [0.1, 0.15) is 72.1 Å². The molecule has 3 heterocycles. The van der Waals surface area contributed by atoms with Gasteiger partial charge in [-0.25, -0.2) is 9.97 Å². The summed E-state index contributed by atoms with van der Waals surface area (Å²) in [5.41, 5.74) is 8.70. The number of anilines is 1. The van der Waals surface area contributed by atoms with Gasteiger partial charge in [0.15, 0.2) is 5.65 Å². The maximum absolute atomic E-state index is 13.0. The predicted octanol–water partition coefficient (Wildman–Crippen LogP) is 4.48. The Balaban J connectivity index is 1.27. The number of rotatable bonds is 4. The summed E-state index contributed by atoms with van der Waals surface area (Å²) in [4.78, 5) is 27.4. The summed E-state index contributed by atoms with van der Waals surface area (Å²) < 4.78 is 41.2. The second kappa shape index (κ2) is 9.61. The molecule has 4 N–H and O–H groups in total. The van der Waals surface area contributed by atoms with Crippen LogP contribution in [0.25, 0.3) is 11.2 Å². The van der Waals surface area contributed by atoms with Crippen LogP contribution >= 0.6 is 0 Å².